The van der Waals surface area contributed by atoms with Crippen LogP contribution in [0.1, 0.15) is 57.4 Å². The number of carbonyl (C=O) groups is 1. The van der Waals surface area contributed by atoms with Gasteiger partial charge in [0.15, 0.2) is 0 Å². The third-order valence-corrected chi connectivity index (χ3v) is 5.67. The van der Waals surface area contributed by atoms with Crippen LogP contribution in [0.2, 0.25) is 0 Å². The van der Waals surface area contributed by atoms with Gasteiger partial charge in [0.25, 0.3) is 0 Å². The van der Waals surface area contributed by atoms with Crippen LogP contribution in [0.5, 0.6) is 0 Å². The smallest absolute Gasteiger partial charge is 0.228 e. The third kappa shape index (κ3) is 2.05. The van der Waals surface area contributed by atoms with Crippen LogP contribution >= 0.6 is 0 Å². The minimum Gasteiger partial charge on any atom is -0.311 e. The van der Waals surface area contributed by atoms with Gasteiger partial charge in [-0.15, -0.1) is 0 Å². The lowest BCUT2D eigenvalue weighted by Crippen LogP contribution is -2.28. The largest absolute Gasteiger partial charge is 0.311 e. The molecule has 1 amide bonds. The first kappa shape index (κ1) is 12.4. The van der Waals surface area contributed by atoms with Crippen LogP contribution in [0, 0.1) is 17.8 Å². The Balaban J connectivity index is 1.46. The summed E-state index contributed by atoms with van der Waals surface area (Å²) in [6.07, 6.45) is 11.7. The van der Waals surface area contributed by atoms with Gasteiger partial charge in [0.1, 0.15) is 5.82 Å². The van der Waals surface area contributed by atoms with Crippen LogP contribution < -0.4 is 5.32 Å². The summed E-state index contributed by atoms with van der Waals surface area (Å²) in [4.78, 5) is 12.5. The predicted molar refractivity (Wildman–Crippen MR) is 77.3 cm³/mol. The number of rotatable bonds is 3. The summed E-state index contributed by atoms with van der Waals surface area (Å²) >= 11 is 0. The number of hydrogen-bond donors (Lipinski definition) is 1. The van der Waals surface area contributed by atoms with E-state index in [-0.39, 0.29) is 11.8 Å². The van der Waals surface area contributed by atoms with E-state index >= 15 is 0 Å². The molecule has 1 N–H and O–H groups in total. The fourth-order valence-electron chi connectivity index (χ4n) is 4.64. The molecule has 3 unspecified atom stereocenters. The van der Waals surface area contributed by atoms with Crippen LogP contribution in [0.3, 0.4) is 0 Å². The fourth-order valence-corrected chi connectivity index (χ4v) is 4.64. The highest BCUT2D eigenvalue weighted by atomic mass is 16.2. The highest BCUT2D eigenvalue weighted by Crippen LogP contribution is 2.48. The maximum absolute atomic E-state index is 12.5. The predicted octanol–water partition coefficient (Wildman–Crippen LogP) is 3.37. The lowest BCUT2D eigenvalue weighted by Gasteiger charge is -2.22. The van der Waals surface area contributed by atoms with E-state index in [9.17, 15) is 4.79 Å². The maximum atomic E-state index is 12.5. The standard InChI is InChI=1S/C16H23N3O/c20-16(14-10-11-5-6-12(14)9-11)18-15-7-8-17-19(15)13-3-1-2-4-13/h7-8,11-14H,1-6,9-10H2,(H,18,20). The highest BCUT2D eigenvalue weighted by molar-refractivity contribution is 5.92. The van der Waals surface area contributed by atoms with Crippen molar-refractivity contribution in [3.63, 3.8) is 0 Å². The van der Waals surface area contributed by atoms with Crippen molar-refractivity contribution in [1.29, 1.82) is 0 Å². The van der Waals surface area contributed by atoms with Gasteiger partial charge in [-0.25, -0.2) is 4.68 Å². The lowest BCUT2D eigenvalue weighted by atomic mass is 9.88. The number of anilines is 1. The summed E-state index contributed by atoms with van der Waals surface area (Å²) in [6, 6.07) is 2.43. The van der Waals surface area contributed by atoms with Crippen LogP contribution in [0.15, 0.2) is 12.3 Å². The molecule has 0 spiro atoms. The van der Waals surface area contributed by atoms with Crippen molar-refractivity contribution in [2.45, 2.75) is 57.4 Å². The molecule has 3 aliphatic rings. The Morgan fingerprint density at radius 3 is 2.75 bits per heavy atom. The number of fused-ring (bicyclic) bond motifs is 2. The third-order valence-electron chi connectivity index (χ3n) is 5.67. The summed E-state index contributed by atoms with van der Waals surface area (Å²) < 4.78 is 2.04. The molecule has 2 bridgehead atoms. The molecule has 1 aromatic heterocycles. The van der Waals surface area contributed by atoms with E-state index in [0.717, 1.165) is 18.2 Å². The number of carbonyl (C=O) groups excluding carboxylic acids is 1. The molecule has 1 aromatic rings. The van der Waals surface area contributed by atoms with Gasteiger partial charge in [-0.3, -0.25) is 4.79 Å². The van der Waals surface area contributed by atoms with Crippen molar-refractivity contribution in [2.75, 3.05) is 5.32 Å². The van der Waals surface area contributed by atoms with E-state index in [1.807, 2.05) is 16.9 Å². The molecule has 4 rings (SSSR count). The summed E-state index contributed by atoms with van der Waals surface area (Å²) in [5.74, 6) is 2.85. The van der Waals surface area contributed by atoms with Crippen LogP contribution in [-0.2, 0) is 4.79 Å². The molecule has 3 aliphatic carbocycles. The van der Waals surface area contributed by atoms with Gasteiger partial charge >= 0.3 is 0 Å². The Hall–Kier alpha value is -1.32. The molecule has 3 saturated carbocycles. The van der Waals surface area contributed by atoms with Gasteiger partial charge in [-0.05, 0) is 43.9 Å². The minimum atomic E-state index is 0.233. The van der Waals surface area contributed by atoms with Crippen molar-refractivity contribution < 1.29 is 4.79 Å². The van der Waals surface area contributed by atoms with Gasteiger partial charge in [-0.2, -0.15) is 5.10 Å². The fraction of sp³-hybridized carbons (Fsp3) is 0.750. The Morgan fingerprint density at radius 1 is 1.20 bits per heavy atom. The molecule has 0 radical (unpaired) electrons. The Bertz CT molecular complexity index is 504. The molecular formula is C16H23N3O. The molecule has 0 saturated heterocycles. The topological polar surface area (TPSA) is 46.9 Å². The first-order valence-corrected chi connectivity index (χ1v) is 8.15. The molecule has 3 atom stereocenters. The molecule has 3 fully saturated rings. The Morgan fingerprint density at radius 2 is 2.05 bits per heavy atom. The molecule has 20 heavy (non-hydrogen) atoms. The molecule has 1 heterocycles. The van der Waals surface area contributed by atoms with Crippen molar-refractivity contribution in [3.8, 4) is 0 Å². The normalized spacial score (nSPS) is 32.9. The second kappa shape index (κ2) is 4.90. The van der Waals surface area contributed by atoms with Crippen LogP contribution in [0.25, 0.3) is 0 Å². The first-order valence-electron chi connectivity index (χ1n) is 8.15. The zero-order valence-electron chi connectivity index (χ0n) is 11.9. The van der Waals surface area contributed by atoms with E-state index in [0.29, 0.717) is 12.0 Å². The molecule has 4 nitrogen and oxygen atoms in total. The number of aromatic nitrogens is 2. The molecule has 0 aliphatic heterocycles. The summed E-state index contributed by atoms with van der Waals surface area (Å²) in [5, 5.41) is 7.58. The second-order valence-corrected chi connectivity index (χ2v) is 6.87. The zero-order chi connectivity index (χ0) is 13.5. The SMILES string of the molecule is O=C(Nc1ccnn1C1CCCC1)C1CC2CCC1C2. The summed E-state index contributed by atoms with van der Waals surface area (Å²) in [6.45, 7) is 0. The number of amides is 1. The molecule has 4 heteroatoms. The molecule has 0 aromatic carbocycles. The van der Waals surface area contributed by atoms with Gasteiger partial charge < -0.3 is 5.32 Å². The van der Waals surface area contributed by atoms with E-state index in [4.69, 9.17) is 0 Å². The molecule has 108 valence electrons. The Kier molecular flexibility index (Phi) is 3.04. The number of hydrogen-bond acceptors (Lipinski definition) is 2. The zero-order valence-corrected chi connectivity index (χ0v) is 11.9. The summed E-state index contributed by atoms with van der Waals surface area (Å²) in [7, 11) is 0. The van der Waals surface area contributed by atoms with E-state index in [1.54, 1.807) is 0 Å². The first-order chi connectivity index (χ1) is 9.81. The van der Waals surface area contributed by atoms with Crippen molar-refractivity contribution in [2.24, 2.45) is 17.8 Å². The van der Waals surface area contributed by atoms with E-state index < -0.39 is 0 Å². The minimum absolute atomic E-state index is 0.233. The average molecular weight is 273 g/mol. The number of nitrogens with one attached hydrogen (secondary N) is 1. The Labute approximate surface area is 119 Å². The van der Waals surface area contributed by atoms with Crippen molar-refractivity contribution in [3.05, 3.63) is 12.3 Å². The van der Waals surface area contributed by atoms with Crippen LogP contribution in [-0.4, -0.2) is 15.7 Å². The van der Waals surface area contributed by atoms with Gasteiger partial charge in [0, 0.05) is 12.0 Å². The average Bonchev–Trinajstić information content (AvgIpc) is 3.22. The van der Waals surface area contributed by atoms with E-state index in [1.165, 1.54) is 44.9 Å². The lowest BCUT2D eigenvalue weighted by molar-refractivity contribution is -0.121. The van der Waals surface area contributed by atoms with Crippen molar-refractivity contribution >= 4 is 11.7 Å². The monoisotopic (exact) mass is 273 g/mol. The molecular weight excluding hydrogens is 250 g/mol. The number of nitrogens with zero attached hydrogens (tertiary/aromatic N) is 2. The van der Waals surface area contributed by atoms with Gasteiger partial charge in [-0.1, -0.05) is 19.3 Å². The second-order valence-electron chi connectivity index (χ2n) is 6.87. The van der Waals surface area contributed by atoms with Crippen LogP contribution in [0.4, 0.5) is 5.82 Å². The van der Waals surface area contributed by atoms with Crippen molar-refractivity contribution in [1.82, 2.24) is 9.78 Å². The quantitative estimate of drug-likeness (QED) is 0.917. The summed E-state index contributed by atoms with van der Waals surface area (Å²) in [5.41, 5.74) is 0. The van der Waals surface area contributed by atoms with E-state index in [2.05, 4.69) is 10.4 Å². The maximum Gasteiger partial charge on any atom is 0.228 e. The van der Waals surface area contributed by atoms with Gasteiger partial charge in [0.2, 0.25) is 5.91 Å². The van der Waals surface area contributed by atoms with Gasteiger partial charge in [0.05, 0.1) is 12.2 Å². The highest BCUT2D eigenvalue weighted by Gasteiger charge is 2.43.